The molecular formula is C13H24N2O3. The first kappa shape index (κ1) is 14.8. The molecule has 1 aliphatic rings. The number of nitrogens with zero attached hydrogens (tertiary/aromatic N) is 1. The van der Waals surface area contributed by atoms with Gasteiger partial charge in [0.15, 0.2) is 0 Å². The molecule has 0 aromatic heterocycles. The number of hydrogen-bond acceptors (Lipinski definition) is 2. The summed E-state index contributed by atoms with van der Waals surface area (Å²) in [6.07, 6.45) is 6.80. The smallest absolute Gasteiger partial charge is 0.326 e. The van der Waals surface area contributed by atoms with Crippen LogP contribution in [0.4, 0.5) is 4.79 Å². The normalized spacial score (nSPS) is 18.6. The van der Waals surface area contributed by atoms with E-state index in [2.05, 4.69) is 5.32 Å². The maximum absolute atomic E-state index is 12.0. The fraction of sp³-hybridized carbons (Fsp3) is 0.846. The maximum atomic E-state index is 12.0. The quantitative estimate of drug-likeness (QED) is 0.810. The van der Waals surface area contributed by atoms with Crippen molar-refractivity contribution >= 4 is 12.0 Å². The summed E-state index contributed by atoms with van der Waals surface area (Å²) in [5.41, 5.74) is 0. The highest BCUT2D eigenvalue weighted by molar-refractivity contribution is 5.82. The predicted molar refractivity (Wildman–Crippen MR) is 69.5 cm³/mol. The molecule has 2 amide bonds. The first-order chi connectivity index (χ1) is 8.65. The number of rotatable bonds is 4. The van der Waals surface area contributed by atoms with Crippen LogP contribution in [0, 0.1) is 0 Å². The first-order valence-corrected chi connectivity index (χ1v) is 6.93. The summed E-state index contributed by atoms with van der Waals surface area (Å²) >= 11 is 0. The molecule has 0 spiro atoms. The first-order valence-electron chi connectivity index (χ1n) is 6.93. The molecule has 5 heteroatoms. The monoisotopic (exact) mass is 256 g/mol. The zero-order chi connectivity index (χ0) is 13.4. The van der Waals surface area contributed by atoms with Crippen LogP contribution in [-0.2, 0) is 4.79 Å². The highest BCUT2D eigenvalue weighted by Crippen LogP contribution is 2.11. The molecule has 0 aromatic carbocycles. The number of carboxylic acids is 1. The number of carbonyl (C=O) groups excluding carboxylic acids is 1. The molecule has 1 rings (SSSR count). The van der Waals surface area contributed by atoms with Gasteiger partial charge in [-0.2, -0.15) is 0 Å². The van der Waals surface area contributed by atoms with Crippen molar-refractivity contribution in [1.82, 2.24) is 10.2 Å². The number of urea groups is 1. The SMILES string of the molecule is CCCC(NC(=O)N1CCCCCCC1)C(=O)O. The summed E-state index contributed by atoms with van der Waals surface area (Å²) < 4.78 is 0. The molecule has 18 heavy (non-hydrogen) atoms. The molecule has 104 valence electrons. The average molecular weight is 256 g/mol. The van der Waals surface area contributed by atoms with Gasteiger partial charge in [-0.05, 0) is 19.3 Å². The van der Waals surface area contributed by atoms with Crippen molar-refractivity contribution in [2.75, 3.05) is 13.1 Å². The van der Waals surface area contributed by atoms with Crippen molar-refractivity contribution in [2.24, 2.45) is 0 Å². The molecule has 1 aliphatic heterocycles. The number of aliphatic carboxylic acids is 1. The Morgan fingerprint density at radius 2 is 1.72 bits per heavy atom. The summed E-state index contributed by atoms with van der Waals surface area (Å²) in [6.45, 7) is 3.40. The van der Waals surface area contributed by atoms with E-state index in [1.54, 1.807) is 4.90 Å². The zero-order valence-corrected chi connectivity index (χ0v) is 11.2. The fourth-order valence-corrected chi connectivity index (χ4v) is 2.24. The van der Waals surface area contributed by atoms with Gasteiger partial charge in [-0.25, -0.2) is 9.59 Å². The Morgan fingerprint density at radius 3 is 2.22 bits per heavy atom. The molecule has 0 aromatic rings. The summed E-state index contributed by atoms with van der Waals surface area (Å²) in [4.78, 5) is 24.8. The molecule has 1 fully saturated rings. The number of likely N-dealkylation sites (tertiary alicyclic amines) is 1. The molecule has 1 saturated heterocycles. The minimum atomic E-state index is -0.947. The third kappa shape index (κ3) is 4.94. The highest BCUT2D eigenvalue weighted by Gasteiger charge is 2.22. The van der Waals surface area contributed by atoms with Crippen molar-refractivity contribution in [1.29, 1.82) is 0 Å². The summed E-state index contributed by atoms with van der Waals surface area (Å²) in [5, 5.41) is 11.6. The fourth-order valence-electron chi connectivity index (χ4n) is 2.24. The molecule has 1 unspecified atom stereocenters. The van der Waals surface area contributed by atoms with Crippen LogP contribution in [0.2, 0.25) is 0 Å². The maximum Gasteiger partial charge on any atom is 0.326 e. The molecule has 1 heterocycles. The van der Waals surface area contributed by atoms with Gasteiger partial charge in [0, 0.05) is 13.1 Å². The van der Waals surface area contributed by atoms with Crippen LogP contribution < -0.4 is 5.32 Å². The Morgan fingerprint density at radius 1 is 1.17 bits per heavy atom. The lowest BCUT2D eigenvalue weighted by Crippen LogP contribution is -2.48. The van der Waals surface area contributed by atoms with Crippen molar-refractivity contribution in [3.05, 3.63) is 0 Å². The minimum absolute atomic E-state index is 0.224. The Labute approximate surface area is 109 Å². The van der Waals surface area contributed by atoms with Gasteiger partial charge < -0.3 is 15.3 Å². The summed E-state index contributed by atoms with van der Waals surface area (Å²) in [6, 6.07) is -0.981. The van der Waals surface area contributed by atoms with E-state index in [-0.39, 0.29) is 6.03 Å². The largest absolute Gasteiger partial charge is 0.480 e. The Hall–Kier alpha value is -1.26. The molecule has 2 N–H and O–H groups in total. The van der Waals surface area contributed by atoms with Crippen LogP contribution in [0.5, 0.6) is 0 Å². The van der Waals surface area contributed by atoms with Crippen molar-refractivity contribution in [2.45, 2.75) is 57.9 Å². The average Bonchev–Trinajstić information content (AvgIpc) is 2.27. The van der Waals surface area contributed by atoms with Crippen LogP contribution in [-0.4, -0.2) is 41.1 Å². The van der Waals surface area contributed by atoms with E-state index in [9.17, 15) is 9.59 Å². The topological polar surface area (TPSA) is 69.6 Å². The van der Waals surface area contributed by atoms with Gasteiger partial charge in [-0.1, -0.05) is 32.6 Å². The molecular weight excluding hydrogens is 232 g/mol. The predicted octanol–water partition coefficient (Wildman–Crippen LogP) is 2.22. The van der Waals surface area contributed by atoms with Crippen LogP contribution in [0.15, 0.2) is 0 Å². The van der Waals surface area contributed by atoms with E-state index in [1.807, 2.05) is 6.92 Å². The minimum Gasteiger partial charge on any atom is -0.480 e. The van der Waals surface area contributed by atoms with Gasteiger partial charge in [0.1, 0.15) is 6.04 Å². The van der Waals surface area contributed by atoms with Gasteiger partial charge in [-0.3, -0.25) is 0 Å². The van der Waals surface area contributed by atoms with Crippen LogP contribution >= 0.6 is 0 Å². The van der Waals surface area contributed by atoms with Gasteiger partial charge in [0.2, 0.25) is 0 Å². The molecule has 1 atom stereocenters. The van der Waals surface area contributed by atoms with Gasteiger partial charge in [-0.15, -0.1) is 0 Å². The third-order valence-electron chi connectivity index (χ3n) is 3.32. The van der Waals surface area contributed by atoms with Crippen LogP contribution in [0.1, 0.15) is 51.9 Å². The molecule has 0 radical (unpaired) electrons. The zero-order valence-electron chi connectivity index (χ0n) is 11.2. The second kappa shape index (κ2) is 7.95. The van der Waals surface area contributed by atoms with Gasteiger partial charge >= 0.3 is 12.0 Å². The second-order valence-electron chi connectivity index (χ2n) is 4.88. The Kier molecular flexibility index (Phi) is 6.54. The Bertz CT molecular complexity index is 273. The number of nitrogens with one attached hydrogen (secondary N) is 1. The lowest BCUT2D eigenvalue weighted by molar-refractivity contribution is -0.139. The lowest BCUT2D eigenvalue weighted by atomic mass is 10.1. The molecule has 5 nitrogen and oxygen atoms in total. The lowest BCUT2D eigenvalue weighted by Gasteiger charge is -2.26. The van der Waals surface area contributed by atoms with Crippen LogP contribution in [0.3, 0.4) is 0 Å². The van der Waals surface area contributed by atoms with Crippen molar-refractivity contribution in [3.63, 3.8) is 0 Å². The standard InChI is InChI=1S/C13H24N2O3/c1-2-8-11(12(16)17)14-13(18)15-9-6-4-3-5-7-10-15/h11H,2-10H2,1H3,(H,14,18)(H,16,17). The van der Waals surface area contributed by atoms with Gasteiger partial charge in [0.25, 0.3) is 0 Å². The van der Waals surface area contributed by atoms with E-state index < -0.39 is 12.0 Å². The van der Waals surface area contributed by atoms with E-state index in [4.69, 9.17) is 5.11 Å². The highest BCUT2D eigenvalue weighted by atomic mass is 16.4. The number of amides is 2. The Balaban J connectivity index is 2.47. The molecule has 0 aliphatic carbocycles. The molecule has 0 bridgehead atoms. The van der Waals surface area contributed by atoms with Gasteiger partial charge in [0.05, 0.1) is 0 Å². The van der Waals surface area contributed by atoms with Crippen molar-refractivity contribution < 1.29 is 14.7 Å². The van der Waals surface area contributed by atoms with Crippen molar-refractivity contribution in [3.8, 4) is 0 Å². The van der Waals surface area contributed by atoms with E-state index >= 15 is 0 Å². The summed E-state index contributed by atoms with van der Waals surface area (Å²) in [7, 11) is 0. The molecule has 0 saturated carbocycles. The second-order valence-corrected chi connectivity index (χ2v) is 4.88. The number of carboxylic acid groups (broad SMARTS) is 1. The number of carbonyl (C=O) groups is 2. The summed E-state index contributed by atoms with van der Waals surface area (Å²) in [5.74, 6) is -0.947. The number of hydrogen-bond donors (Lipinski definition) is 2. The van der Waals surface area contributed by atoms with E-state index in [1.165, 1.54) is 6.42 Å². The third-order valence-corrected chi connectivity index (χ3v) is 3.32. The van der Waals surface area contributed by atoms with Crippen LogP contribution in [0.25, 0.3) is 0 Å². The van der Waals surface area contributed by atoms with E-state index in [0.717, 1.165) is 45.2 Å². The van der Waals surface area contributed by atoms with E-state index in [0.29, 0.717) is 6.42 Å².